The molecule has 0 aromatic heterocycles. The van der Waals surface area contributed by atoms with Gasteiger partial charge in [-0.2, -0.15) is 0 Å². The number of amides is 1. The zero-order valence-corrected chi connectivity index (χ0v) is 13.4. The molecule has 1 aliphatic rings. The highest BCUT2D eigenvalue weighted by Gasteiger charge is 2.24. The minimum Gasteiger partial charge on any atom is -0.444 e. The number of carbonyl (C=O) groups excluding carboxylic acids is 1. The third kappa shape index (κ3) is 6.57. The molecule has 0 aromatic carbocycles. The van der Waals surface area contributed by atoms with Crippen LogP contribution in [0.25, 0.3) is 0 Å². The van der Waals surface area contributed by atoms with Crippen LogP contribution in [0.5, 0.6) is 0 Å². The Morgan fingerprint density at radius 1 is 1.35 bits per heavy atom. The van der Waals surface area contributed by atoms with Gasteiger partial charge >= 0.3 is 6.09 Å². The van der Waals surface area contributed by atoms with Crippen molar-refractivity contribution in [2.75, 3.05) is 20.1 Å². The Balaban J connectivity index is 2.15. The molecule has 0 radical (unpaired) electrons. The van der Waals surface area contributed by atoms with E-state index in [0.29, 0.717) is 18.6 Å². The van der Waals surface area contributed by atoms with Gasteiger partial charge in [0.2, 0.25) is 0 Å². The highest BCUT2D eigenvalue weighted by molar-refractivity contribution is 5.67. The number of hydrogen-bond acceptors (Lipinski definition) is 4. The van der Waals surface area contributed by atoms with Crippen LogP contribution in [0, 0.1) is 0 Å². The Hall–Kier alpha value is -0.810. The second-order valence-electron chi connectivity index (χ2n) is 6.78. The summed E-state index contributed by atoms with van der Waals surface area (Å²) >= 11 is 0. The van der Waals surface area contributed by atoms with Crippen LogP contribution in [0.4, 0.5) is 4.79 Å². The van der Waals surface area contributed by atoms with Crippen molar-refractivity contribution in [1.29, 1.82) is 0 Å². The lowest BCUT2D eigenvalue weighted by Gasteiger charge is -2.36. The summed E-state index contributed by atoms with van der Waals surface area (Å²) in [7, 11) is 2.13. The highest BCUT2D eigenvalue weighted by Crippen LogP contribution is 2.20. The van der Waals surface area contributed by atoms with E-state index in [4.69, 9.17) is 10.5 Å². The average Bonchev–Trinajstić information content (AvgIpc) is 2.33. The number of alkyl carbamates (subject to hydrolysis) is 1. The fourth-order valence-corrected chi connectivity index (χ4v) is 2.69. The van der Waals surface area contributed by atoms with Gasteiger partial charge in [-0.15, -0.1) is 0 Å². The molecule has 118 valence electrons. The normalized spacial score (nSPS) is 23.7. The van der Waals surface area contributed by atoms with Crippen molar-refractivity contribution in [1.82, 2.24) is 10.2 Å². The number of nitrogens with zero attached hydrogens (tertiary/aromatic N) is 1. The Labute approximate surface area is 123 Å². The van der Waals surface area contributed by atoms with Gasteiger partial charge < -0.3 is 20.7 Å². The molecule has 0 bridgehead atoms. The molecule has 3 N–H and O–H groups in total. The van der Waals surface area contributed by atoms with E-state index < -0.39 is 5.60 Å². The molecule has 1 aliphatic carbocycles. The first-order chi connectivity index (χ1) is 9.29. The van der Waals surface area contributed by atoms with Gasteiger partial charge in [-0.1, -0.05) is 12.8 Å². The molecule has 5 heteroatoms. The van der Waals surface area contributed by atoms with E-state index in [9.17, 15) is 4.79 Å². The van der Waals surface area contributed by atoms with Crippen LogP contribution in [0.1, 0.15) is 52.9 Å². The van der Waals surface area contributed by atoms with Crippen molar-refractivity contribution in [3.8, 4) is 0 Å². The summed E-state index contributed by atoms with van der Waals surface area (Å²) < 4.78 is 5.19. The summed E-state index contributed by atoms with van der Waals surface area (Å²) in [6.45, 7) is 7.19. The fraction of sp³-hybridized carbons (Fsp3) is 0.933. The zero-order valence-electron chi connectivity index (χ0n) is 13.4. The quantitative estimate of drug-likeness (QED) is 0.759. The Morgan fingerprint density at radius 2 is 2.00 bits per heavy atom. The summed E-state index contributed by atoms with van der Waals surface area (Å²) in [6, 6.07) is 0.790. The van der Waals surface area contributed by atoms with E-state index in [1.54, 1.807) is 0 Å². The van der Waals surface area contributed by atoms with Gasteiger partial charge in [-0.25, -0.2) is 4.79 Å². The van der Waals surface area contributed by atoms with E-state index in [0.717, 1.165) is 19.4 Å². The monoisotopic (exact) mass is 285 g/mol. The molecule has 1 amide bonds. The maximum atomic E-state index is 11.5. The zero-order chi connectivity index (χ0) is 15.2. The van der Waals surface area contributed by atoms with E-state index in [1.807, 2.05) is 20.8 Å². The topological polar surface area (TPSA) is 67.6 Å². The molecule has 1 fully saturated rings. The van der Waals surface area contributed by atoms with Gasteiger partial charge in [-0.05, 0) is 53.6 Å². The highest BCUT2D eigenvalue weighted by atomic mass is 16.6. The number of carbonyl (C=O) groups is 1. The first-order valence-corrected chi connectivity index (χ1v) is 7.72. The van der Waals surface area contributed by atoms with E-state index in [1.165, 1.54) is 19.3 Å². The molecule has 1 saturated carbocycles. The van der Waals surface area contributed by atoms with Gasteiger partial charge in [0.25, 0.3) is 0 Å². The van der Waals surface area contributed by atoms with E-state index >= 15 is 0 Å². The number of rotatable bonds is 5. The van der Waals surface area contributed by atoms with Gasteiger partial charge in [0.05, 0.1) is 0 Å². The van der Waals surface area contributed by atoms with Crippen LogP contribution in [0.2, 0.25) is 0 Å². The molecular formula is C15H31N3O2. The number of nitrogens with two attached hydrogens (primary N) is 1. The SMILES string of the molecule is CN(CCCNC(=O)OC(C)(C)C)[C@H]1CCCC[C@@H]1N. The van der Waals surface area contributed by atoms with Crippen LogP contribution in [-0.4, -0.2) is 48.8 Å². The largest absolute Gasteiger partial charge is 0.444 e. The van der Waals surface area contributed by atoms with E-state index in [2.05, 4.69) is 17.3 Å². The lowest BCUT2D eigenvalue weighted by atomic mass is 9.90. The molecule has 5 nitrogen and oxygen atoms in total. The minimum atomic E-state index is -0.435. The predicted molar refractivity (Wildman–Crippen MR) is 81.7 cm³/mol. The van der Waals surface area contributed by atoms with Crippen LogP contribution < -0.4 is 11.1 Å². The molecule has 0 aliphatic heterocycles. The predicted octanol–water partition coefficient (Wildman–Crippen LogP) is 2.10. The second kappa shape index (κ2) is 7.84. The number of likely N-dealkylation sites (N-methyl/N-ethyl adjacent to an activating group) is 1. The Kier molecular flexibility index (Phi) is 6.76. The third-order valence-electron chi connectivity index (χ3n) is 3.70. The van der Waals surface area contributed by atoms with Crippen LogP contribution in [0.3, 0.4) is 0 Å². The molecule has 0 spiro atoms. The molecule has 0 unspecified atom stereocenters. The van der Waals surface area contributed by atoms with Gasteiger partial charge in [-0.3, -0.25) is 0 Å². The number of nitrogens with one attached hydrogen (secondary N) is 1. The minimum absolute atomic E-state index is 0.299. The Morgan fingerprint density at radius 3 is 2.60 bits per heavy atom. The lowest BCUT2D eigenvalue weighted by Crippen LogP contribution is -2.48. The van der Waals surface area contributed by atoms with Gasteiger partial charge in [0, 0.05) is 18.6 Å². The van der Waals surface area contributed by atoms with Crippen molar-refractivity contribution in [2.45, 2.75) is 70.6 Å². The van der Waals surface area contributed by atoms with Crippen LogP contribution in [0.15, 0.2) is 0 Å². The van der Waals surface area contributed by atoms with Crippen molar-refractivity contribution < 1.29 is 9.53 Å². The summed E-state index contributed by atoms with van der Waals surface area (Å²) in [4.78, 5) is 13.8. The molecule has 20 heavy (non-hydrogen) atoms. The molecule has 2 atom stereocenters. The second-order valence-corrected chi connectivity index (χ2v) is 6.78. The molecule has 0 heterocycles. The smallest absolute Gasteiger partial charge is 0.407 e. The van der Waals surface area contributed by atoms with Gasteiger partial charge in [0.15, 0.2) is 0 Å². The lowest BCUT2D eigenvalue weighted by molar-refractivity contribution is 0.0524. The average molecular weight is 285 g/mol. The molecular weight excluding hydrogens is 254 g/mol. The van der Waals surface area contributed by atoms with Crippen molar-refractivity contribution in [3.63, 3.8) is 0 Å². The maximum absolute atomic E-state index is 11.5. The fourth-order valence-electron chi connectivity index (χ4n) is 2.69. The molecule has 0 aromatic rings. The van der Waals surface area contributed by atoms with Gasteiger partial charge in [0.1, 0.15) is 5.60 Å². The van der Waals surface area contributed by atoms with Crippen molar-refractivity contribution >= 4 is 6.09 Å². The summed E-state index contributed by atoms with van der Waals surface area (Å²) in [5.41, 5.74) is 5.74. The summed E-state index contributed by atoms with van der Waals surface area (Å²) in [6.07, 6.45) is 5.43. The van der Waals surface area contributed by atoms with Crippen molar-refractivity contribution in [2.24, 2.45) is 5.73 Å². The Bertz CT molecular complexity index is 302. The van der Waals surface area contributed by atoms with Crippen molar-refractivity contribution in [3.05, 3.63) is 0 Å². The number of hydrogen-bond donors (Lipinski definition) is 2. The first-order valence-electron chi connectivity index (χ1n) is 7.72. The summed E-state index contributed by atoms with van der Waals surface area (Å²) in [5.74, 6) is 0. The molecule has 1 rings (SSSR count). The third-order valence-corrected chi connectivity index (χ3v) is 3.70. The van der Waals surface area contributed by atoms with Crippen LogP contribution in [-0.2, 0) is 4.74 Å². The summed E-state index contributed by atoms with van der Waals surface area (Å²) in [5, 5.41) is 2.79. The van der Waals surface area contributed by atoms with Crippen LogP contribution >= 0.6 is 0 Å². The van der Waals surface area contributed by atoms with E-state index in [-0.39, 0.29) is 6.09 Å². The molecule has 0 saturated heterocycles. The maximum Gasteiger partial charge on any atom is 0.407 e. The number of ether oxygens (including phenoxy) is 1. The first kappa shape index (κ1) is 17.2. The standard InChI is InChI=1S/C15H31N3O2/c1-15(2,3)20-14(19)17-10-7-11-18(4)13-9-6-5-8-12(13)16/h12-13H,5-11,16H2,1-4H3,(H,17,19)/t12-,13-/m0/s1.